The van der Waals surface area contributed by atoms with Gasteiger partial charge in [0.15, 0.2) is 0 Å². The normalized spacial score (nSPS) is 4.88. The fourth-order valence-corrected chi connectivity index (χ4v) is 0. The monoisotopic (exact) mass is 345 g/mol. The molecule has 0 N–H and O–H groups in total. The maximum absolute atomic E-state index is 9.03. The first-order valence-corrected chi connectivity index (χ1v) is 7.45. The first kappa shape index (κ1) is 15.9. The number of hydrogen-bond acceptors (Lipinski definition) is 3. The maximum Gasteiger partial charge on any atom is 0.251 e. The number of hydrogen-bond donors (Lipinski definition) is 0. The number of carbonyl (C=O) groups is 1. The Labute approximate surface area is 72.1 Å². The summed E-state index contributed by atoms with van der Waals surface area (Å²) < 4.78 is 3.56. The third-order valence-electron chi connectivity index (χ3n) is 0.167. The quantitative estimate of drug-likeness (QED) is 0.493. The Morgan fingerprint density at radius 2 is 1.75 bits per heavy atom. The Bertz CT molecular complexity index is 47.8. The molecule has 0 aliphatic heterocycles. The molecule has 0 spiro atoms. The zero-order valence-electron chi connectivity index (χ0n) is 3.48. The summed E-state index contributed by atoms with van der Waals surface area (Å²) in [7, 11) is 1.04. The lowest BCUT2D eigenvalue weighted by Gasteiger charge is -1.92. The van der Waals surface area contributed by atoms with E-state index in [1.165, 1.54) is 0 Å². The van der Waals surface area contributed by atoms with Crippen LogP contribution in [-0.2, 0) is 4.74 Å². The lowest BCUT2D eigenvalue weighted by molar-refractivity contribution is -0.279. The number of rotatable bonds is 0. The van der Waals surface area contributed by atoms with E-state index in [1.807, 2.05) is 0 Å². The minimum absolute atomic E-state index is 0. The molecule has 0 rings (SSSR count). The first-order valence-electron chi connectivity index (χ1n) is 1.16. The molecule has 0 aromatic rings. The number of ether oxygens (including phenoxy) is 1. The van der Waals surface area contributed by atoms with E-state index in [-0.39, 0.29) is 7.43 Å². The summed E-state index contributed by atoms with van der Waals surface area (Å²) in [5.74, 6) is 0. The van der Waals surface area contributed by atoms with Crippen molar-refractivity contribution in [3.8, 4) is 0 Å². The van der Waals surface area contributed by atoms with Crippen LogP contribution in [0.5, 0.6) is 0 Å². The van der Waals surface area contributed by atoms with Crippen molar-refractivity contribution >= 4 is 43.4 Å². The molecule has 0 heterocycles. The predicted octanol–water partition coefficient (Wildman–Crippen LogP) is 1.38. The molecule has 3 nitrogen and oxygen atoms in total. The van der Waals surface area contributed by atoms with Crippen molar-refractivity contribution in [2.45, 2.75) is 7.43 Å². The van der Waals surface area contributed by atoms with Gasteiger partial charge in [-0.05, 0) is 0 Å². The number of carboxylic acid groups (broad SMARTS) is 1. The topological polar surface area (TPSA) is 49.4 Å². The molecular weight excluding hydrogens is 338 g/mol. The fraction of sp³-hybridized carbons (Fsp3) is 0.667. The lowest BCUT2D eigenvalue weighted by atomic mass is 11.4. The third-order valence-corrected chi connectivity index (χ3v) is 0.167. The Kier molecular flexibility index (Phi) is 31.1. The molecule has 0 saturated heterocycles. The van der Waals surface area contributed by atoms with Crippen LogP contribution in [0.25, 0.3) is 0 Å². The van der Waals surface area contributed by atoms with Gasteiger partial charge in [0.1, 0.15) is 0 Å². The van der Waals surface area contributed by atoms with E-state index in [2.05, 4.69) is 42.0 Å². The van der Waals surface area contributed by atoms with E-state index in [4.69, 9.17) is 9.90 Å². The number of carbonyl (C=O) groups excluding carboxylic acids is 1. The first-order chi connectivity index (χ1) is 3.27. The Morgan fingerprint density at radius 1 is 1.62 bits per heavy atom. The molecular formula is C3H7I2O3-. The van der Waals surface area contributed by atoms with Crippen molar-refractivity contribution in [3.63, 3.8) is 0 Å². The summed E-state index contributed by atoms with van der Waals surface area (Å²) in [4.78, 5) is 9.03. The summed E-state index contributed by atoms with van der Waals surface area (Å²) in [6.07, 6.45) is -1.50. The van der Waals surface area contributed by atoms with Crippen molar-refractivity contribution in [1.29, 1.82) is 0 Å². The predicted molar refractivity (Wildman–Crippen MR) is 47.2 cm³/mol. The largest absolute Gasteiger partial charge is 0.553 e. The molecule has 8 heavy (non-hydrogen) atoms. The van der Waals surface area contributed by atoms with Crippen LogP contribution in [0.3, 0.4) is 0 Å². The van der Waals surface area contributed by atoms with Crippen molar-refractivity contribution in [2.75, 3.05) is 7.11 Å². The summed E-state index contributed by atoms with van der Waals surface area (Å²) in [5.41, 5.74) is 0. The van der Waals surface area contributed by atoms with Crippen molar-refractivity contribution in [3.05, 3.63) is 0 Å². The molecule has 0 atom stereocenters. The highest BCUT2D eigenvalue weighted by molar-refractivity contribution is 15.0. The highest BCUT2D eigenvalue weighted by atomic mass is 128. The van der Waals surface area contributed by atoms with Crippen LogP contribution in [0.1, 0.15) is 7.43 Å². The van der Waals surface area contributed by atoms with Gasteiger partial charge in [0, 0.05) is 44.3 Å². The standard InChI is InChI=1S/C2H4O3.CH4.I2/c1-5-2(3)4;;1-2/h1H3,(H,3,4);1H4;/p-1. The minimum Gasteiger partial charge on any atom is -0.553 e. The van der Waals surface area contributed by atoms with Gasteiger partial charge in [-0.25, -0.2) is 0 Å². The average Bonchev–Trinajstić information content (AvgIpc) is 1.73. The van der Waals surface area contributed by atoms with Crippen LogP contribution in [0.15, 0.2) is 0 Å². The van der Waals surface area contributed by atoms with Gasteiger partial charge >= 0.3 is 0 Å². The molecule has 0 fully saturated rings. The van der Waals surface area contributed by atoms with Gasteiger partial charge in [-0.2, -0.15) is 0 Å². The van der Waals surface area contributed by atoms with Crippen LogP contribution in [-0.4, -0.2) is 13.3 Å². The number of methoxy groups -OCH3 is 1. The maximum atomic E-state index is 9.03. The van der Waals surface area contributed by atoms with Crippen LogP contribution >= 0.6 is 37.2 Å². The zero-order chi connectivity index (χ0) is 6.28. The summed E-state index contributed by atoms with van der Waals surface area (Å²) >= 11 is 4.24. The second-order valence-electron chi connectivity index (χ2n) is 0.454. The van der Waals surface area contributed by atoms with E-state index in [1.54, 1.807) is 0 Å². The highest BCUT2D eigenvalue weighted by Gasteiger charge is 1.63. The number of halogens is 2. The van der Waals surface area contributed by atoms with Crippen LogP contribution in [0.2, 0.25) is 0 Å². The van der Waals surface area contributed by atoms with Gasteiger partial charge in [0.05, 0.1) is 0 Å². The SMILES string of the molecule is C.COC(=O)[O-].II. The lowest BCUT2D eigenvalue weighted by Crippen LogP contribution is -2.21. The molecule has 0 saturated carbocycles. The van der Waals surface area contributed by atoms with E-state index in [0.717, 1.165) is 7.11 Å². The highest BCUT2D eigenvalue weighted by Crippen LogP contribution is 1.89. The van der Waals surface area contributed by atoms with Gasteiger partial charge in [-0.1, -0.05) is 7.43 Å². The summed E-state index contributed by atoms with van der Waals surface area (Å²) in [6, 6.07) is 0. The molecule has 0 aliphatic carbocycles. The Hall–Kier alpha value is 0.730. The van der Waals surface area contributed by atoms with Crippen molar-refractivity contribution in [2.24, 2.45) is 0 Å². The molecule has 0 radical (unpaired) electrons. The average molecular weight is 345 g/mol. The van der Waals surface area contributed by atoms with Crippen LogP contribution in [0.4, 0.5) is 4.79 Å². The molecule has 0 aromatic carbocycles. The minimum atomic E-state index is -1.50. The smallest absolute Gasteiger partial charge is 0.251 e. The van der Waals surface area contributed by atoms with Crippen molar-refractivity contribution in [1.82, 2.24) is 0 Å². The van der Waals surface area contributed by atoms with E-state index >= 15 is 0 Å². The molecule has 5 heteroatoms. The molecule has 0 amide bonds. The molecule has 0 bridgehead atoms. The Balaban J connectivity index is -0.0000000750. The van der Waals surface area contributed by atoms with E-state index < -0.39 is 6.16 Å². The zero-order valence-corrected chi connectivity index (χ0v) is 7.80. The molecule has 52 valence electrons. The Morgan fingerprint density at radius 3 is 1.75 bits per heavy atom. The fourth-order valence-electron chi connectivity index (χ4n) is 0. The van der Waals surface area contributed by atoms with Crippen molar-refractivity contribution < 1.29 is 14.6 Å². The van der Waals surface area contributed by atoms with Gasteiger partial charge in [0.2, 0.25) is 0 Å². The van der Waals surface area contributed by atoms with Crippen LogP contribution in [0, 0.1) is 0 Å². The van der Waals surface area contributed by atoms with Gasteiger partial charge in [0.25, 0.3) is 6.16 Å². The summed E-state index contributed by atoms with van der Waals surface area (Å²) in [6.45, 7) is 0. The van der Waals surface area contributed by atoms with Gasteiger partial charge < -0.3 is 14.6 Å². The third kappa shape index (κ3) is 29.6. The molecule has 0 aromatic heterocycles. The van der Waals surface area contributed by atoms with Gasteiger partial charge in [-0.3, -0.25) is 0 Å². The van der Waals surface area contributed by atoms with Gasteiger partial charge in [-0.15, -0.1) is 0 Å². The second-order valence-corrected chi connectivity index (χ2v) is 0.454. The van der Waals surface area contributed by atoms with Crippen LogP contribution < -0.4 is 5.11 Å². The van der Waals surface area contributed by atoms with E-state index in [0.29, 0.717) is 0 Å². The second kappa shape index (κ2) is 15.6. The summed E-state index contributed by atoms with van der Waals surface area (Å²) in [5, 5.41) is 9.03. The molecule has 0 aliphatic rings. The molecule has 0 unspecified atom stereocenters. The van der Waals surface area contributed by atoms with E-state index in [9.17, 15) is 0 Å².